The Bertz CT molecular complexity index is 787. The van der Waals surface area contributed by atoms with Gasteiger partial charge in [-0.05, 0) is 23.6 Å². The van der Waals surface area contributed by atoms with Gasteiger partial charge in [0.2, 0.25) is 5.91 Å². The van der Waals surface area contributed by atoms with Crippen molar-refractivity contribution in [1.82, 2.24) is 9.80 Å². The monoisotopic (exact) mass is 368 g/mol. The zero-order valence-corrected chi connectivity index (χ0v) is 14.0. The second-order valence-corrected chi connectivity index (χ2v) is 6.68. The fourth-order valence-electron chi connectivity index (χ4n) is 2.69. The van der Waals surface area contributed by atoms with Crippen LogP contribution in [0, 0.1) is 17.5 Å². The number of hydrogen-bond acceptors (Lipinski definition) is 3. The number of thiophene rings is 1. The van der Waals surface area contributed by atoms with Crippen molar-refractivity contribution in [2.45, 2.75) is 6.42 Å². The first-order valence-corrected chi connectivity index (χ1v) is 8.58. The maximum atomic E-state index is 13.8. The highest BCUT2D eigenvalue weighted by molar-refractivity contribution is 7.10. The Morgan fingerprint density at radius 1 is 0.960 bits per heavy atom. The lowest BCUT2D eigenvalue weighted by Crippen LogP contribution is -2.51. The quantitative estimate of drug-likeness (QED) is 0.782. The minimum Gasteiger partial charge on any atom is -0.339 e. The summed E-state index contributed by atoms with van der Waals surface area (Å²) in [5, 5.41) is 1.90. The number of carbonyl (C=O) groups excluding carboxylic acids is 2. The van der Waals surface area contributed by atoms with Crippen molar-refractivity contribution in [3.05, 3.63) is 57.5 Å². The summed E-state index contributed by atoms with van der Waals surface area (Å²) in [6, 6.07) is 5.42. The zero-order valence-electron chi connectivity index (χ0n) is 13.2. The second-order valence-electron chi connectivity index (χ2n) is 5.65. The van der Waals surface area contributed by atoms with Crippen LogP contribution in [-0.2, 0) is 11.2 Å². The van der Waals surface area contributed by atoms with Gasteiger partial charge in [-0.15, -0.1) is 11.3 Å². The van der Waals surface area contributed by atoms with E-state index in [1.807, 2.05) is 17.5 Å². The van der Waals surface area contributed by atoms with Crippen molar-refractivity contribution >= 4 is 23.2 Å². The van der Waals surface area contributed by atoms with E-state index >= 15 is 0 Å². The Morgan fingerprint density at radius 3 is 2.28 bits per heavy atom. The number of amides is 2. The molecule has 0 atom stereocenters. The van der Waals surface area contributed by atoms with E-state index in [1.54, 1.807) is 4.90 Å². The van der Waals surface area contributed by atoms with Crippen LogP contribution in [0.1, 0.15) is 15.2 Å². The van der Waals surface area contributed by atoms with Gasteiger partial charge in [0.25, 0.3) is 5.91 Å². The summed E-state index contributed by atoms with van der Waals surface area (Å²) in [6.07, 6.45) is 0.309. The molecule has 0 aliphatic carbocycles. The highest BCUT2D eigenvalue weighted by Crippen LogP contribution is 2.18. The molecule has 0 N–H and O–H groups in total. The third kappa shape index (κ3) is 3.68. The fraction of sp³-hybridized carbons (Fsp3) is 0.294. The number of carbonyl (C=O) groups is 2. The molecule has 1 aromatic heterocycles. The molecule has 1 fully saturated rings. The topological polar surface area (TPSA) is 40.6 Å². The molecule has 0 unspecified atom stereocenters. The molecule has 1 aliphatic heterocycles. The van der Waals surface area contributed by atoms with Crippen LogP contribution in [0.3, 0.4) is 0 Å². The van der Waals surface area contributed by atoms with Gasteiger partial charge >= 0.3 is 0 Å². The molecule has 0 radical (unpaired) electrons. The van der Waals surface area contributed by atoms with Gasteiger partial charge in [0.15, 0.2) is 17.5 Å². The molecule has 3 rings (SSSR count). The molecule has 0 spiro atoms. The molecule has 132 valence electrons. The van der Waals surface area contributed by atoms with Gasteiger partial charge in [-0.2, -0.15) is 0 Å². The van der Waals surface area contributed by atoms with Crippen molar-refractivity contribution < 1.29 is 22.8 Å². The van der Waals surface area contributed by atoms with E-state index in [1.165, 1.54) is 16.2 Å². The summed E-state index contributed by atoms with van der Waals surface area (Å²) < 4.78 is 40.0. The largest absolute Gasteiger partial charge is 0.339 e. The van der Waals surface area contributed by atoms with Crippen molar-refractivity contribution in [3.63, 3.8) is 0 Å². The Kier molecular flexibility index (Phi) is 5.08. The lowest BCUT2D eigenvalue weighted by molar-refractivity contribution is -0.131. The highest BCUT2D eigenvalue weighted by atomic mass is 32.1. The summed E-state index contributed by atoms with van der Waals surface area (Å²) in [4.78, 5) is 28.5. The summed E-state index contributed by atoms with van der Waals surface area (Å²) in [5.41, 5.74) is -0.503. The first-order valence-electron chi connectivity index (χ1n) is 7.70. The molecule has 25 heavy (non-hydrogen) atoms. The number of hydrogen-bond donors (Lipinski definition) is 0. The average molecular weight is 368 g/mol. The molecule has 2 amide bonds. The van der Waals surface area contributed by atoms with Gasteiger partial charge < -0.3 is 9.80 Å². The van der Waals surface area contributed by atoms with Crippen molar-refractivity contribution in [2.75, 3.05) is 26.2 Å². The molecular weight excluding hydrogens is 353 g/mol. The third-order valence-corrected chi connectivity index (χ3v) is 4.97. The van der Waals surface area contributed by atoms with Crippen LogP contribution in [0.15, 0.2) is 29.6 Å². The minimum atomic E-state index is -1.66. The lowest BCUT2D eigenvalue weighted by Gasteiger charge is -2.34. The number of benzene rings is 1. The maximum absolute atomic E-state index is 13.8. The van der Waals surface area contributed by atoms with Crippen LogP contribution < -0.4 is 0 Å². The molecular formula is C17H15F3N2O2S. The van der Waals surface area contributed by atoms with E-state index in [0.717, 1.165) is 17.0 Å². The van der Waals surface area contributed by atoms with Gasteiger partial charge in [0.05, 0.1) is 12.0 Å². The number of piperazine rings is 1. The fourth-order valence-corrected chi connectivity index (χ4v) is 3.39. The van der Waals surface area contributed by atoms with Crippen LogP contribution in [0.2, 0.25) is 0 Å². The standard InChI is InChI=1S/C17H15F3N2O2S/c18-13-4-3-12(15(19)16(13)20)17(24)22-7-5-21(6-8-22)14(23)10-11-2-1-9-25-11/h1-4,9H,5-8,10H2. The van der Waals surface area contributed by atoms with Crippen LogP contribution in [-0.4, -0.2) is 47.8 Å². The van der Waals surface area contributed by atoms with Gasteiger partial charge in [-0.3, -0.25) is 9.59 Å². The summed E-state index contributed by atoms with van der Waals surface area (Å²) in [6.45, 7) is 1.07. The maximum Gasteiger partial charge on any atom is 0.257 e. The van der Waals surface area contributed by atoms with Gasteiger partial charge in [0, 0.05) is 31.1 Å². The van der Waals surface area contributed by atoms with Crippen LogP contribution in [0.4, 0.5) is 13.2 Å². The highest BCUT2D eigenvalue weighted by Gasteiger charge is 2.28. The zero-order chi connectivity index (χ0) is 18.0. The minimum absolute atomic E-state index is 0.0337. The summed E-state index contributed by atoms with van der Waals surface area (Å²) in [5.74, 6) is -5.22. The number of rotatable bonds is 3. The van der Waals surface area contributed by atoms with Crippen molar-refractivity contribution in [2.24, 2.45) is 0 Å². The van der Waals surface area contributed by atoms with E-state index in [0.29, 0.717) is 19.5 Å². The smallest absolute Gasteiger partial charge is 0.257 e. The Labute approximate surface area is 146 Å². The van der Waals surface area contributed by atoms with E-state index in [-0.39, 0.29) is 19.0 Å². The molecule has 1 aromatic carbocycles. The molecule has 1 saturated heterocycles. The van der Waals surface area contributed by atoms with Crippen LogP contribution in [0.25, 0.3) is 0 Å². The summed E-state index contributed by atoms with van der Waals surface area (Å²) >= 11 is 1.50. The molecule has 0 bridgehead atoms. The lowest BCUT2D eigenvalue weighted by atomic mass is 10.1. The number of nitrogens with zero attached hydrogens (tertiary/aromatic N) is 2. The van der Waals surface area contributed by atoms with Crippen molar-refractivity contribution in [1.29, 1.82) is 0 Å². The molecule has 0 saturated carbocycles. The van der Waals surface area contributed by atoms with E-state index in [9.17, 15) is 22.8 Å². The van der Waals surface area contributed by atoms with Crippen LogP contribution in [0.5, 0.6) is 0 Å². The summed E-state index contributed by atoms with van der Waals surface area (Å²) in [7, 11) is 0. The Hall–Kier alpha value is -2.35. The average Bonchev–Trinajstić information content (AvgIpc) is 3.12. The van der Waals surface area contributed by atoms with Gasteiger partial charge in [-0.1, -0.05) is 6.07 Å². The molecule has 2 heterocycles. The third-order valence-electron chi connectivity index (χ3n) is 4.09. The molecule has 4 nitrogen and oxygen atoms in total. The Morgan fingerprint density at radius 2 is 1.64 bits per heavy atom. The molecule has 8 heteroatoms. The van der Waals surface area contributed by atoms with Gasteiger partial charge in [-0.25, -0.2) is 13.2 Å². The first-order chi connectivity index (χ1) is 12.0. The van der Waals surface area contributed by atoms with Gasteiger partial charge in [0.1, 0.15) is 0 Å². The molecule has 1 aliphatic rings. The normalized spacial score (nSPS) is 14.7. The first kappa shape index (κ1) is 17.5. The van der Waals surface area contributed by atoms with E-state index in [2.05, 4.69) is 0 Å². The van der Waals surface area contributed by atoms with E-state index in [4.69, 9.17) is 0 Å². The predicted molar refractivity (Wildman–Crippen MR) is 86.8 cm³/mol. The van der Waals surface area contributed by atoms with Crippen molar-refractivity contribution in [3.8, 4) is 0 Å². The SMILES string of the molecule is O=C(Cc1cccs1)N1CCN(C(=O)c2ccc(F)c(F)c2F)CC1. The number of halogens is 3. The predicted octanol–water partition coefficient (Wildman–Crippen LogP) is 2.69. The molecule has 2 aromatic rings. The second kappa shape index (κ2) is 7.26. The van der Waals surface area contributed by atoms with Crippen LogP contribution >= 0.6 is 11.3 Å². The Balaban J connectivity index is 1.61. The van der Waals surface area contributed by atoms with E-state index < -0.39 is 28.9 Å².